The molecule has 3 heteroatoms. The van der Waals surface area contributed by atoms with Crippen molar-refractivity contribution in [3.05, 3.63) is 70.8 Å². The second kappa shape index (κ2) is 9.42. The van der Waals surface area contributed by atoms with Gasteiger partial charge in [0.25, 0.3) is 0 Å². The van der Waals surface area contributed by atoms with Gasteiger partial charge in [-0.2, -0.15) is 0 Å². The van der Waals surface area contributed by atoms with E-state index in [2.05, 4.69) is 66.5 Å². The van der Waals surface area contributed by atoms with Gasteiger partial charge in [-0.1, -0.05) is 75.2 Å². The van der Waals surface area contributed by atoms with Gasteiger partial charge in [0.1, 0.15) is 0 Å². The Kier molecular flexibility index (Phi) is 6.69. The highest BCUT2D eigenvalue weighted by atomic mass is 16.3. The predicted molar refractivity (Wildman–Crippen MR) is 120 cm³/mol. The third-order valence-corrected chi connectivity index (χ3v) is 7.40. The molecule has 0 unspecified atom stereocenters. The van der Waals surface area contributed by atoms with Crippen molar-refractivity contribution in [2.75, 3.05) is 13.1 Å². The quantitative estimate of drug-likeness (QED) is 0.742. The number of hydrogen-bond donors (Lipinski definition) is 2. The smallest absolute Gasteiger partial charge is 0.0685 e. The Morgan fingerprint density at radius 3 is 2.21 bits per heavy atom. The molecule has 0 spiro atoms. The number of aliphatic hydroxyl groups is 1. The summed E-state index contributed by atoms with van der Waals surface area (Å²) in [7, 11) is 0. The Labute approximate surface area is 176 Å². The van der Waals surface area contributed by atoms with E-state index in [4.69, 9.17) is 0 Å². The van der Waals surface area contributed by atoms with Crippen molar-refractivity contribution in [1.82, 2.24) is 10.2 Å². The average Bonchev–Trinajstić information content (AvgIpc) is 3.20. The van der Waals surface area contributed by atoms with Gasteiger partial charge in [0.05, 0.1) is 6.61 Å². The van der Waals surface area contributed by atoms with Crippen molar-refractivity contribution in [3.63, 3.8) is 0 Å². The summed E-state index contributed by atoms with van der Waals surface area (Å²) in [6.07, 6.45) is 4.84. The molecule has 1 aliphatic carbocycles. The molecular weight excluding hydrogens is 356 g/mol. The zero-order chi connectivity index (χ0) is 20.2. The molecule has 1 saturated heterocycles. The van der Waals surface area contributed by atoms with E-state index in [9.17, 15) is 5.11 Å². The second-order valence-electron chi connectivity index (χ2n) is 8.95. The number of hydrogen-bond acceptors (Lipinski definition) is 3. The van der Waals surface area contributed by atoms with Gasteiger partial charge in [-0.15, -0.1) is 0 Å². The maximum Gasteiger partial charge on any atom is 0.0685 e. The van der Waals surface area contributed by atoms with Crippen molar-refractivity contribution >= 4 is 0 Å². The molecule has 2 aromatic carbocycles. The first-order valence-electron chi connectivity index (χ1n) is 11.4. The van der Waals surface area contributed by atoms with E-state index >= 15 is 0 Å². The first-order valence-corrected chi connectivity index (χ1v) is 11.4. The van der Waals surface area contributed by atoms with Crippen LogP contribution in [0.25, 0.3) is 0 Å². The zero-order valence-corrected chi connectivity index (χ0v) is 18.0. The number of benzene rings is 2. The van der Waals surface area contributed by atoms with E-state index in [0.29, 0.717) is 23.9 Å². The lowest BCUT2D eigenvalue weighted by molar-refractivity contribution is 0.0617. The molecule has 2 atom stereocenters. The maximum absolute atomic E-state index is 9.81. The van der Waals surface area contributed by atoms with Gasteiger partial charge in [-0.3, -0.25) is 4.90 Å². The number of nitrogens with zero attached hydrogens (tertiary/aromatic N) is 1. The lowest BCUT2D eigenvalue weighted by atomic mass is 9.87. The molecule has 0 radical (unpaired) electrons. The summed E-state index contributed by atoms with van der Waals surface area (Å²) in [5.74, 6) is 1.40. The highest BCUT2D eigenvalue weighted by Crippen LogP contribution is 2.32. The summed E-state index contributed by atoms with van der Waals surface area (Å²) in [5.41, 5.74) is 5.43. The van der Waals surface area contributed by atoms with Crippen LogP contribution in [0.5, 0.6) is 0 Å². The SMILES string of the molecule is CCC(CC)[C@@H]1CN[C@H](C2Cc3ccccc3C2)CN1Cc1ccccc1CO. The molecule has 0 amide bonds. The number of aliphatic hydroxyl groups excluding tert-OH is 1. The van der Waals surface area contributed by atoms with Crippen LogP contribution in [0.4, 0.5) is 0 Å². The molecule has 1 fully saturated rings. The second-order valence-corrected chi connectivity index (χ2v) is 8.95. The summed E-state index contributed by atoms with van der Waals surface area (Å²) in [6, 6.07) is 18.5. The van der Waals surface area contributed by atoms with Crippen LogP contribution in [0, 0.1) is 11.8 Å². The van der Waals surface area contributed by atoms with Gasteiger partial charge in [-0.25, -0.2) is 0 Å². The van der Waals surface area contributed by atoms with Crippen LogP contribution in [0.3, 0.4) is 0 Å². The summed E-state index contributed by atoms with van der Waals surface area (Å²) >= 11 is 0. The number of fused-ring (bicyclic) bond motifs is 1. The van der Waals surface area contributed by atoms with Gasteiger partial charge in [-0.05, 0) is 46.9 Å². The largest absolute Gasteiger partial charge is 0.392 e. The van der Waals surface area contributed by atoms with Crippen LogP contribution in [0.1, 0.15) is 48.9 Å². The van der Waals surface area contributed by atoms with Crippen LogP contribution < -0.4 is 5.32 Å². The lowest BCUT2D eigenvalue weighted by Gasteiger charge is -2.45. The van der Waals surface area contributed by atoms with Crippen molar-refractivity contribution in [3.8, 4) is 0 Å². The fraction of sp³-hybridized carbons (Fsp3) is 0.538. The van der Waals surface area contributed by atoms with E-state index in [1.165, 1.54) is 31.2 Å². The van der Waals surface area contributed by atoms with Crippen molar-refractivity contribution in [2.24, 2.45) is 11.8 Å². The van der Waals surface area contributed by atoms with Crippen molar-refractivity contribution in [2.45, 2.75) is 64.8 Å². The van der Waals surface area contributed by atoms with Crippen LogP contribution in [0.15, 0.2) is 48.5 Å². The molecule has 2 aliphatic rings. The van der Waals surface area contributed by atoms with Crippen molar-refractivity contribution < 1.29 is 5.11 Å². The van der Waals surface area contributed by atoms with Crippen LogP contribution in [-0.2, 0) is 26.0 Å². The minimum Gasteiger partial charge on any atom is -0.392 e. The minimum absolute atomic E-state index is 0.124. The van der Waals surface area contributed by atoms with Gasteiger partial charge in [0.2, 0.25) is 0 Å². The Bertz CT molecular complexity index is 776. The molecule has 2 N–H and O–H groups in total. The van der Waals surface area contributed by atoms with E-state index in [-0.39, 0.29) is 6.61 Å². The fourth-order valence-electron chi connectivity index (χ4n) is 5.61. The Morgan fingerprint density at radius 2 is 1.59 bits per heavy atom. The molecule has 0 aromatic heterocycles. The summed E-state index contributed by atoms with van der Waals surface area (Å²) in [6.45, 7) is 7.89. The third kappa shape index (κ3) is 4.42. The van der Waals surface area contributed by atoms with Gasteiger partial charge in [0.15, 0.2) is 0 Å². The molecule has 4 rings (SSSR count). The lowest BCUT2D eigenvalue weighted by Crippen LogP contribution is -2.60. The molecule has 0 bridgehead atoms. The molecule has 3 nitrogen and oxygen atoms in total. The number of nitrogens with one attached hydrogen (secondary N) is 1. The molecule has 0 saturated carbocycles. The monoisotopic (exact) mass is 392 g/mol. The minimum atomic E-state index is 0.124. The molecule has 1 aliphatic heterocycles. The Balaban J connectivity index is 1.52. The molecule has 1 heterocycles. The number of rotatable bonds is 7. The highest BCUT2D eigenvalue weighted by Gasteiger charge is 2.37. The van der Waals surface area contributed by atoms with Gasteiger partial charge in [0, 0.05) is 31.7 Å². The van der Waals surface area contributed by atoms with Gasteiger partial charge >= 0.3 is 0 Å². The maximum atomic E-state index is 9.81. The molecule has 2 aromatic rings. The van der Waals surface area contributed by atoms with Crippen LogP contribution in [0.2, 0.25) is 0 Å². The zero-order valence-electron chi connectivity index (χ0n) is 18.0. The Morgan fingerprint density at radius 1 is 0.966 bits per heavy atom. The standard InChI is InChI=1S/C26H36N2O/c1-3-19(4-2)26-15-27-25(24-13-20-9-5-6-10-21(20)14-24)17-28(26)16-22-11-7-8-12-23(22)18-29/h5-12,19,24-27,29H,3-4,13-18H2,1-2H3/t25-,26-/m0/s1. The highest BCUT2D eigenvalue weighted by molar-refractivity contribution is 5.33. The normalized spacial score (nSPS) is 22.9. The average molecular weight is 393 g/mol. The van der Waals surface area contributed by atoms with Gasteiger partial charge < -0.3 is 10.4 Å². The predicted octanol–water partition coefficient (Wildman–Crippen LogP) is 4.17. The molecule has 156 valence electrons. The summed E-state index contributed by atoms with van der Waals surface area (Å²) < 4.78 is 0. The van der Waals surface area contributed by atoms with Crippen molar-refractivity contribution in [1.29, 1.82) is 0 Å². The first kappa shape index (κ1) is 20.6. The fourth-order valence-corrected chi connectivity index (χ4v) is 5.61. The first-order chi connectivity index (χ1) is 14.2. The molecule has 29 heavy (non-hydrogen) atoms. The van der Waals surface area contributed by atoms with Crippen LogP contribution >= 0.6 is 0 Å². The summed E-state index contributed by atoms with van der Waals surface area (Å²) in [5, 5.41) is 13.8. The van der Waals surface area contributed by atoms with Crippen LogP contribution in [-0.4, -0.2) is 35.2 Å². The number of piperazine rings is 1. The molecular formula is C26H36N2O. The third-order valence-electron chi connectivity index (χ3n) is 7.40. The van der Waals surface area contributed by atoms with E-state index in [1.54, 1.807) is 11.1 Å². The summed E-state index contributed by atoms with van der Waals surface area (Å²) in [4.78, 5) is 2.72. The van der Waals surface area contributed by atoms with E-state index in [0.717, 1.165) is 25.2 Å². The van der Waals surface area contributed by atoms with E-state index < -0.39 is 0 Å². The Hall–Kier alpha value is -1.68. The van der Waals surface area contributed by atoms with E-state index in [1.807, 2.05) is 6.07 Å². The topological polar surface area (TPSA) is 35.5 Å².